The third-order valence-electron chi connectivity index (χ3n) is 7.13. The van der Waals surface area contributed by atoms with Gasteiger partial charge in [-0.05, 0) is 27.8 Å². The number of amides is 2. The summed E-state index contributed by atoms with van der Waals surface area (Å²) >= 11 is 0. The standard InChI is InChI=1S/C29H26F2N2O5/c30-29(31)24(26(29)27(36)33(16-25(34)35)15-18-8-2-1-3-9-18)14-32-28(37)38-17-23-21-12-6-4-10-19(21)20-11-5-7-13-22(20)23/h1-13,23-24,26H,14-17H2,(H,32,37)(H,34,35)/t24-,26-/m0/s1. The summed E-state index contributed by atoms with van der Waals surface area (Å²) in [5, 5.41) is 11.6. The molecule has 0 aromatic heterocycles. The van der Waals surface area contributed by atoms with Crippen LogP contribution in [0.5, 0.6) is 0 Å². The minimum absolute atomic E-state index is 0.0345. The highest BCUT2D eigenvalue weighted by molar-refractivity contribution is 5.87. The van der Waals surface area contributed by atoms with Gasteiger partial charge < -0.3 is 20.1 Å². The topological polar surface area (TPSA) is 95.9 Å². The number of rotatable bonds is 9. The second kappa shape index (κ2) is 10.2. The molecule has 2 N–H and O–H groups in total. The number of hydrogen-bond donors (Lipinski definition) is 2. The van der Waals surface area contributed by atoms with Crippen molar-refractivity contribution in [1.82, 2.24) is 10.2 Å². The highest BCUT2D eigenvalue weighted by Gasteiger charge is 2.72. The number of alkyl halides is 2. The van der Waals surface area contributed by atoms with Crippen LogP contribution in [0.15, 0.2) is 78.9 Å². The first-order chi connectivity index (χ1) is 18.3. The zero-order valence-electron chi connectivity index (χ0n) is 20.3. The van der Waals surface area contributed by atoms with Gasteiger partial charge in [-0.15, -0.1) is 0 Å². The van der Waals surface area contributed by atoms with Gasteiger partial charge >= 0.3 is 12.1 Å². The van der Waals surface area contributed by atoms with Gasteiger partial charge in [-0.25, -0.2) is 13.6 Å². The van der Waals surface area contributed by atoms with Crippen LogP contribution < -0.4 is 5.32 Å². The van der Waals surface area contributed by atoms with Gasteiger partial charge in [-0.3, -0.25) is 9.59 Å². The van der Waals surface area contributed by atoms with Gasteiger partial charge in [-0.2, -0.15) is 0 Å². The number of nitrogens with one attached hydrogen (secondary N) is 1. The van der Waals surface area contributed by atoms with E-state index < -0.39 is 48.8 Å². The molecule has 2 atom stereocenters. The first kappa shape index (κ1) is 25.4. The van der Waals surface area contributed by atoms with Crippen LogP contribution in [0.1, 0.15) is 22.6 Å². The number of carbonyl (C=O) groups is 3. The Labute approximate surface area is 218 Å². The third-order valence-corrected chi connectivity index (χ3v) is 7.13. The Bertz CT molecular complexity index is 1320. The predicted molar refractivity (Wildman–Crippen MR) is 134 cm³/mol. The maximum Gasteiger partial charge on any atom is 0.407 e. The predicted octanol–water partition coefficient (Wildman–Crippen LogP) is 4.52. The van der Waals surface area contributed by atoms with Crippen LogP contribution in [-0.4, -0.2) is 53.6 Å². The highest BCUT2D eigenvalue weighted by atomic mass is 19.3. The van der Waals surface area contributed by atoms with Crippen molar-refractivity contribution >= 4 is 18.0 Å². The molecule has 3 aromatic rings. The summed E-state index contributed by atoms with van der Waals surface area (Å²) in [5.41, 5.74) is 4.81. The van der Waals surface area contributed by atoms with Gasteiger partial charge in [0.1, 0.15) is 19.1 Å². The number of nitrogens with zero attached hydrogens (tertiary/aromatic N) is 1. The van der Waals surface area contributed by atoms with E-state index >= 15 is 0 Å². The zero-order valence-corrected chi connectivity index (χ0v) is 20.3. The normalized spacial score (nSPS) is 18.7. The summed E-state index contributed by atoms with van der Waals surface area (Å²) < 4.78 is 34.5. The molecule has 0 bridgehead atoms. The van der Waals surface area contributed by atoms with Crippen molar-refractivity contribution in [2.75, 3.05) is 19.7 Å². The maximum atomic E-state index is 14.6. The molecular weight excluding hydrogens is 494 g/mol. The van der Waals surface area contributed by atoms with Crippen molar-refractivity contribution in [2.24, 2.45) is 11.8 Å². The van der Waals surface area contributed by atoms with E-state index in [0.29, 0.717) is 5.56 Å². The molecule has 2 aliphatic carbocycles. The van der Waals surface area contributed by atoms with E-state index in [-0.39, 0.29) is 19.1 Å². The molecule has 9 heteroatoms. The molecular formula is C29H26F2N2O5. The minimum Gasteiger partial charge on any atom is -0.480 e. The molecule has 7 nitrogen and oxygen atoms in total. The van der Waals surface area contributed by atoms with Crippen molar-refractivity contribution in [3.8, 4) is 11.1 Å². The van der Waals surface area contributed by atoms with Crippen LogP contribution in [0.4, 0.5) is 13.6 Å². The number of benzene rings is 3. The van der Waals surface area contributed by atoms with E-state index in [9.17, 15) is 28.3 Å². The molecule has 0 unspecified atom stereocenters. The van der Waals surface area contributed by atoms with E-state index in [0.717, 1.165) is 27.2 Å². The molecule has 1 fully saturated rings. The Morgan fingerprint density at radius 3 is 2.08 bits per heavy atom. The monoisotopic (exact) mass is 520 g/mol. The molecule has 0 saturated heterocycles. The van der Waals surface area contributed by atoms with E-state index in [1.165, 1.54) is 0 Å². The van der Waals surface area contributed by atoms with Crippen molar-refractivity contribution in [1.29, 1.82) is 0 Å². The SMILES string of the molecule is O=C(O)CN(Cc1ccccc1)C(=O)[C@@H]1[C@H](CNC(=O)OCC2c3ccccc3-c3ccccc32)C1(F)F. The summed E-state index contributed by atoms with van der Waals surface area (Å²) in [5.74, 6) is -8.94. The Balaban J connectivity index is 1.18. The van der Waals surface area contributed by atoms with E-state index in [2.05, 4.69) is 5.32 Å². The Kier molecular flexibility index (Phi) is 6.84. The maximum absolute atomic E-state index is 14.6. The van der Waals surface area contributed by atoms with Crippen molar-refractivity contribution in [3.05, 3.63) is 95.6 Å². The summed E-state index contributed by atoms with van der Waals surface area (Å²) in [6, 6.07) is 24.2. The molecule has 5 rings (SSSR count). The van der Waals surface area contributed by atoms with Gasteiger partial charge in [0.2, 0.25) is 5.91 Å². The Morgan fingerprint density at radius 2 is 1.47 bits per heavy atom. The first-order valence-electron chi connectivity index (χ1n) is 12.3. The van der Waals surface area contributed by atoms with Crippen LogP contribution in [0, 0.1) is 11.8 Å². The second-order valence-electron chi connectivity index (χ2n) is 9.54. The summed E-state index contributed by atoms with van der Waals surface area (Å²) in [6.45, 7) is -1.24. The third kappa shape index (κ3) is 4.96. The smallest absolute Gasteiger partial charge is 0.407 e. The minimum atomic E-state index is -3.36. The van der Waals surface area contributed by atoms with Gasteiger partial charge in [0, 0.05) is 19.0 Å². The number of fused-ring (bicyclic) bond motifs is 3. The number of halogens is 2. The zero-order chi connectivity index (χ0) is 26.9. The molecule has 0 aliphatic heterocycles. The lowest BCUT2D eigenvalue weighted by molar-refractivity contribution is -0.146. The molecule has 196 valence electrons. The number of carboxylic acids is 1. The fourth-order valence-electron chi connectivity index (χ4n) is 5.20. The number of carbonyl (C=O) groups excluding carboxylic acids is 2. The lowest BCUT2D eigenvalue weighted by Gasteiger charge is -2.21. The molecule has 38 heavy (non-hydrogen) atoms. The van der Waals surface area contributed by atoms with E-state index in [1.807, 2.05) is 48.5 Å². The first-order valence-corrected chi connectivity index (χ1v) is 12.3. The van der Waals surface area contributed by atoms with Crippen molar-refractivity contribution in [2.45, 2.75) is 18.4 Å². The lowest BCUT2D eigenvalue weighted by atomic mass is 9.98. The van der Waals surface area contributed by atoms with Crippen LogP contribution in [-0.2, 0) is 20.9 Å². The van der Waals surface area contributed by atoms with E-state index in [4.69, 9.17) is 4.74 Å². The second-order valence-corrected chi connectivity index (χ2v) is 9.54. The largest absolute Gasteiger partial charge is 0.480 e. The fraction of sp³-hybridized carbons (Fsp3) is 0.276. The van der Waals surface area contributed by atoms with Gasteiger partial charge in [0.05, 0.1) is 5.92 Å². The molecule has 1 saturated carbocycles. The number of alkyl carbamates (subject to hydrolysis) is 1. The van der Waals surface area contributed by atoms with Crippen LogP contribution in [0.3, 0.4) is 0 Å². The number of carboxylic acid groups (broad SMARTS) is 1. The van der Waals surface area contributed by atoms with Gasteiger partial charge in [0.15, 0.2) is 0 Å². The molecule has 2 aliphatic rings. The average Bonchev–Trinajstić information content (AvgIpc) is 3.31. The fourth-order valence-corrected chi connectivity index (χ4v) is 5.20. The van der Waals surface area contributed by atoms with E-state index in [1.54, 1.807) is 30.3 Å². The summed E-state index contributed by atoms with van der Waals surface area (Å²) in [6.07, 6.45) is -0.854. The molecule has 2 amide bonds. The Morgan fingerprint density at radius 1 is 0.895 bits per heavy atom. The van der Waals surface area contributed by atoms with Gasteiger partial charge in [-0.1, -0.05) is 78.9 Å². The number of hydrogen-bond acceptors (Lipinski definition) is 4. The van der Waals surface area contributed by atoms with Crippen molar-refractivity contribution in [3.63, 3.8) is 0 Å². The quantitative estimate of drug-likeness (QED) is 0.433. The molecule has 0 heterocycles. The summed E-state index contributed by atoms with van der Waals surface area (Å²) in [4.78, 5) is 37.5. The average molecular weight is 521 g/mol. The Hall–Kier alpha value is -4.27. The molecule has 0 spiro atoms. The van der Waals surface area contributed by atoms with Crippen LogP contribution >= 0.6 is 0 Å². The van der Waals surface area contributed by atoms with Crippen molar-refractivity contribution < 1.29 is 33.0 Å². The molecule has 3 aromatic carbocycles. The van der Waals surface area contributed by atoms with Crippen LogP contribution in [0.25, 0.3) is 11.1 Å². The number of aliphatic carboxylic acids is 1. The van der Waals surface area contributed by atoms with Crippen LogP contribution in [0.2, 0.25) is 0 Å². The summed E-state index contributed by atoms with van der Waals surface area (Å²) in [7, 11) is 0. The lowest BCUT2D eigenvalue weighted by Crippen LogP contribution is -2.37. The highest BCUT2D eigenvalue weighted by Crippen LogP contribution is 2.55. The van der Waals surface area contributed by atoms with Gasteiger partial charge in [0.25, 0.3) is 5.92 Å². The molecule has 0 radical (unpaired) electrons. The number of ether oxygens (including phenoxy) is 1.